The molecule has 110 valence electrons. The van der Waals surface area contributed by atoms with Crippen LogP contribution in [0.3, 0.4) is 0 Å². The van der Waals surface area contributed by atoms with E-state index in [0.29, 0.717) is 5.75 Å². The Kier molecular flexibility index (Phi) is 4.72. The summed E-state index contributed by atoms with van der Waals surface area (Å²) in [6, 6.07) is 14.8. The summed E-state index contributed by atoms with van der Waals surface area (Å²) in [5.41, 5.74) is 0.949. The third kappa shape index (κ3) is 4.40. The zero-order chi connectivity index (χ0) is 15.3. The van der Waals surface area contributed by atoms with Crippen LogP contribution >= 0.6 is 0 Å². The lowest BCUT2D eigenvalue weighted by molar-refractivity contribution is -0.133. The number of hydrogen-bond acceptors (Lipinski definition) is 4. The lowest BCUT2D eigenvalue weighted by atomic mass is 10.2. The number of aryl methyl sites for hydroxylation is 1. The van der Waals surface area contributed by atoms with Gasteiger partial charge in [0.25, 0.3) is 0 Å². The van der Waals surface area contributed by atoms with Gasteiger partial charge in [0.15, 0.2) is 0 Å². The van der Waals surface area contributed by atoms with Crippen LogP contribution in [-0.2, 0) is 14.8 Å². The molecule has 0 aliphatic carbocycles. The standard InChI is InChI=1S/C15H15NO4S/c1-12-6-5-7-13(10-12)20-15(17)11-16-21(18,19)14-8-3-2-4-9-14/h2-10,16H,11H2,1H3. The molecule has 21 heavy (non-hydrogen) atoms. The lowest BCUT2D eigenvalue weighted by Crippen LogP contribution is -2.31. The molecule has 6 heteroatoms. The molecular weight excluding hydrogens is 290 g/mol. The minimum atomic E-state index is -3.71. The monoisotopic (exact) mass is 305 g/mol. The predicted octanol–water partition coefficient (Wildman–Crippen LogP) is 1.88. The van der Waals surface area contributed by atoms with Gasteiger partial charge < -0.3 is 4.74 Å². The normalized spacial score (nSPS) is 11.1. The van der Waals surface area contributed by atoms with Crippen LogP contribution in [0.15, 0.2) is 59.5 Å². The van der Waals surface area contributed by atoms with Crippen molar-refractivity contribution in [1.29, 1.82) is 0 Å². The van der Waals surface area contributed by atoms with Crippen molar-refractivity contribution >= 4 is 16.0 Å². The van der Waals surface area contributed by atoms with E-state index in [1.54, 1.807) is 36.4 Å². The molecule has 0 saturated carbocycles. The SMILES string of the molecule is Cc1cccc(OC(=O)CNS(=O)(=O)c2ccccc2)c1. The van der Waals surface area contributed by atoms with Crippen molar-refractivity contribution in [3.05, 3.63) is 60.2 Å². The van der Waals surface area contributed by atoms with Gasteiger partial charge >= 0.3 is 5.97 Å². The van der Waals surface area contributed by atoms with Gasteiger partial charge in [-0.3, -0.25) is 4.79 Å². The largest absolute Gasteiger partial charge is 0.426 e. The van der Waals surface area contributed by atoms with Gasteiger partial charge in [0.05, 0.1) is 4.90 Å². The van der Waals surface area contributed by atoms with E-state index in [9.17, 15) is 13.2 Å². The first-order chi connectivity index (χ1) is 9.97. The Labute approximate surface area is 123 Å². The topological polar surface area (TPSA) is 72.5 Å². The van der Waals surface area contributed by atoms with Crippen molar-refractivity contribution in [1.82, 2.24) is 4.72 Å². The van der Waals surface area contributed by atoms with Crippen LogP contribution in [-0.4, -0.2) is 20.9 Å². The maximum atomic E-state index is 11.9. The van der Waals surface area contributed by atoms with E-state index in [1.807, 2.05) is 13.0 Å². The highest BCUT2D eigenvalue weighted by Crippen LogP contribution is 2.12. The zero-order valence-corrected chi connectivity index (χ0v) is 12.3. The van der Waals surface area contributed by atoms with E-state index in [1.165, 1.54) is 12.1 Å². The van der Waals surface area contributed by atoms with Crippen molar-refractivity contribution in [3.8, 4) is 5.75 Å². The summed E-state index contributed by atoms with van der Waals surface area (Å²) >= 11 is 0. The number of esters is 1. The first-order valence-corrected chi connectivity index (χ1v) is 7.78. The fraction of sp³-hybridized carbons (Fsp3) is 0.133. The molecule has 0 fully saturated rings. The number of carbonyl (C=O) groups excluding carboxylic acids is 1. The molecule has 0 atom stereocenters. The fourth-order valence-electron chi connectivity index (χ4n) is 1.68. The van der Waals surface area contributed by atoms with E-state index in [4.69, 9.17) is 4.74 Å². The van der Waals surface area contributed by atoms with Crippen molar-refractivity contribution in [3.63, 3.8) is 0 Å². The molecule has 0 bridgehead atoms. The number of rotatable bonds is 5. The predicted molar refractivity (Wildman–Crippen MR) is 78.4 cm³/mol. The van der Waals surface area contributed by atoms with Crippen molar-refractivity contribution in [2.45, 2.75) is 11.8 Å². The average molecular weight is 305 g/mol. The van der Waals surface area contributed by atoms with Gasteiger partial charge in [-0.25, -0.2) is 8.42 Å². The van der Waals surface area contributed by atoms with Crippen LogP contribution < -0.4 is 9.46 Å². The molecule has 5 nitrogen and oxygen atoms in total. The molecular formula is C15H15NO4S. The Balaban J connectivity index is 1.95. The first kappa shape index (κ1) is 15.2. The number of carbonyl (C=O) groups is 1. The quantitative estimate of drug-likeness (QED) is 0.676. The third-order valence-corrected chi connectivity index (χ3v) is 4.10. The lowest BCUT2D eigenvalue weighted by Gasteiger charge is -2.07. The second kappa shape index (κ2) is 6.51. The molecule has 0 aliphatic heterocycles. The van der Waals surface area contributed by atoms with Crippen molar-refractivity contribution in [2.24, 2.45) is 0 Å². The Morgan fingerprint density at radius 3 is 2.48 bits per heavy atom. The van der Waals surface area contributed by atoms with Gasteiger partial charge in [-0.15, -0.1) is 0 Å². The Morgan fingerprint density at radius 2 is 1.81 bits per heavy atom. The van der Waals surface area contributed by atoms with Crippen LogP contribution in [0.1, 0.15) is 5.56 Å². The first-order valence-electron chi connectivity index (χ1n) is 6.29. The van der Waals surface area contributed by atoms with Gasteiger partial charge in [0.1, 0.15) is 12.3 Å². The highest BCUT2D eigenvalue weighted by Gasteiger charge is 2.15. The molecule has 0 unspecified atom stereocenters. The fourth-order valence-corrected chi connectivity index (χ4v) is 2.67. The Hall–Kier alpha value is -2.18. The van der Waals surface area contributed by atoms with Gasteiger partial charge in [-0.1, -0.05) is 30.3 Å². The van der Waals surface area contributed by atoms with Gasteiger partial charge in [-0.2, -0.15) is 4.72 Å². The minimum Gasteiger partial charge on any atom is -0.426 e. The number of benzene rings is 2. The molecule has 0 radical (unpaired) electrons. The molecule has 1 N–H and O–H groups in total. The average Bonchev–Trinajstić information content (AvgIpc) is 2.46. The zero-order valence-electron chi connectivity index (χ0n) is 11.4. The van der Waals surface area contributed by atoms with Gasteiger partial charge in [0, 0.05) is 0 Å². The summed E-state index contributed by atoms with van der Waals surface area (Å²) in [4.78, 5) is 11.8. The van der Waals surface area contributed by atoms with Crippen LogP contribution in [0.2, 0.25) is 0 Å². The van der Waals surface area contributed by atoms with Crippen molar-refractivity contribution in [2.75, 3.05) is 6.54 Å². The second-order valence-corrected chi connectivity index (χ2v) is 6.20. The number of sulfonamides is 1. The molecule has 0 amide bonds. The molecule has 0 spiro atoms. The van der Waals surface area contributed by atoms with Crippen LogP contribution in [0, 0.1) is 6.92 Å². The molecule has 0 heterocycles. The van der Waals surface area contributed by atoms with Crippen LogP contribution in [0.25, 0.3) is 0 Å². The highest BCUT2D eigenvalue weighted by molar-refractivity contribution is 7.89. The minimum absolute atomic E-state index is 0.105. The Bertz CT molecular complexity index is 726. The smallest absolute Gasteiger partial charge is 0.326 e. The third-order valence-electron chi connectivity index (χ3n) is 2.68. The van der Waals surface area contributed by atoms with Crippen molar-refractivity contribution < 1.29 is 17.9 Å². The highest BCUT2D eigenvalue weighted by atomic mass is 32.2. The van der Waals surface area contributed by atoms with Gasteiger partial charge in [0.2, 0.25) is 10.0 Å². The molecule has 0 aliphatic rings. The number of ether oxygens (including phenoxy) is 1. The van der Waals surface area contributed by atoms with Crippen LogP contribution in [0.4, 0.5) is 0 Å². The van der Waals surface area contributed by atoms with E-state index in [-0.39, 0.29) is 4.90 Å². The summed E-state index contributed by atoms with van der Waals surface area (Å²) in [6.07, 6.45) is 0. The van der Waals surface area contributed by atoms with Crippen LogP contribution in [0.5, 0.6) is 5.75 Å². The second-order valence-electron chi connectivity index (χ2n) is 4.43. The van der Waals surface area contributed by atoms with Gasteiger partial charge in [-0.05, 0) is 36.8 Å². The molecule has 2 aromatic carbocycles. The molecule has 0 saturated heterocycles. The van der Waals surface area contributed by atoms with E-state index in [2.05, 4.69) is 4.72 Å². The number of hydrogen-bond donors (Lipinski definition) is 1. The summed E-state index contributed by atoms with van der Waals surface area (Å²) in [5, 5.41) is 0. The molecule has 2 aromatic rings. The summed E-state index contributed by atoms with van der Waals surface area (Å²) < 4.78 is 31.1. The van der Waals surface area contributed by atoms with E-state index >= 15 is 0 Å². The molecule has 2 rings (SSSR count). The van der Waals surface area contributed by atoms with E-state index < -0.39 is 22.5 Å². The summed E-state index contributed by atoms with van der Waals surface area (Å²) in [7, 11) is -3.71. The maximum Gasteiger partial charge on any atom is 0.326 e. The Morgan fingerprint density at radius 1 is 1.10 bits per heavy atom. The van der Waals surface area contributed by atoms with E-state index in [0.717, 1.165) is 5.56 Å². The summed E-state index contributed by atoms with van der Waals surface area (Å²) in [5.74, 6) is -0.279. The maximum absolute atomic E-state index is 11.9. The molecule has 0 aromatic heterocycles. The summed E-state index contributed by atoms with van der Waals surface area (Å²) in [6.45, 7) is 1.45. The number of nitrogens with one attached hydrogen (secondary N) is 1.